The summed E-state index contributed by atoms with van der Waals surface area (Å²) in [7, 11) is 2.94. The van der Waals surface area contributed by atoms with Crippen LogP contribution in [0.2, 0.25) is 0 Å². The number of hydrogen-bond acceptors (Lipinski definition) is 7. The molecule has 1 N–H and O–H groups in total. The van der Waals surface area contributed by atoms with Gasteiger partial charge in [0, 0.05) is 5.39 Å². The molecule has 7 nitrogen and oxygen atoms in total. The number of Topliss-reactive ketones (excluding diaryl/α,β-unsaturated/α-hetero) is 1. The average Bonchev–Trinajstić information content (AvgIpc) is 3.10. The van der Waals surface area contributed by atoms with Crippen molar-refractivity contribution < 1.29 is 33.6 Å². The molecule has 7 heteroatoms. The van der Waals surface area contributed by atoms with E-state index in [9.17, 15) is 14.7 Å². The Morgan fingerprint density at radius 3 is 2.64 bits per heavy atom. The van der Waals surface area contributed by atoms with Gasteiger partial charge in [-0.05, 0) is 19.1 Å². The van der Waals surface area contributed by atoms with Gasteiger partial charge < -0.3 is 24.1 Å². The molecule has 2 aliphatic rings. The summed E-state index contributed by atoms with van der Waals surface area (Å²) in [6, 6.07) is 3.42. The third-order valence-electron chi connectivity index (χ3n) is 4.65. The largest absolute Gasteiger partial charge is 0.506 e. The lowest BCUT2D eigenvalue weighted by Crippen LogP contribution is -2.12. The maximum absolute atomic E-state index is 12.3. The van der Waals surface area contributed by atoms with Crippen LogP contribution in [-0.2, 0) is 9.53 Å². The normalized spacial score (nSPS) is 20.7. The van der Waals surface area contributed by atoms with Crippen molar-refractivity contribution in [3.8, 4) is 23.0 Å². The topological polar surface area (TPSA) is 91.3 Å². The predicted octanol–water partition coefficient (Wildman–Crippen LogP) is 2.51. The van der Waals surface area contributed by atoms with Crippen LogP contribution in [-0.4, -0.2) is 37.2 Å². The molecule has 0 radical (unpaired) electrons. The highest BCUT2D eigenvalue weighted by Crippen LogP contribution is 2.55. The second-order valence-corrected chi connectivity index (χ2v) is 6.02. The van der Waals surface area contributed by atoms with Gasteiger partial charge in [0.05, 0.1) is 37.2 Å². The van der Waals surface area contributed by atoms with Gasteiger partial charge in [-0.1, -0.05) is 0 Å². The molecule has 1 fully saturated rings. The van der Waals surface area contributed by atoms with Gasteiger partial charge in [0.15, 0.2) is 29.5 Å². The van der Waals surface area contributed by atoms with Gasteiger partial charge in [-0.25, -0.2) is 0 Å². The van der Waals surface area contributed by atoms with Crippen LogP contribution in [0.1, 0.15) is 35.4 Å². The van der Waals surface area contributed by atoms with Crippen molar-refractivity contribution in [3.05, 3.63) is 23.3 Å². The van der Waals surface area contributed by atoms with E-state index in [1.807, 2.05) is 0 Å². The minimum Gasteiger partial charge on any atom is -0.506 e. The van der Waals surface area contributed by atoms with Gasteiger partial charge in [0.1, 0.15) is 11.5 Å². The Labute approximate surface area is 143 Å². The number of benzene rings is 2. The summed E-state index contributed by atoms with van der Waals surface area (Å²) in [6.45, 7) is 1.35. The third-order valence-corrected chi connectivity index (χ3v) is 4.65. The summed E-state index contributed by atoms with van der Waals surface area (Å²) >= 11 is 0. The van der Waals surface area contributed by atoms with E-state index in [0.29, 0.717) is 33.6 Å². The van der Waals surface area contributed by atoms with Crippen molar-refractivity contribution in [3.63, 3.8) is 0 Å². The maximum atomic E-state index is 12.3. The molecule has 0 aromatic heterocycles. The van der Waals surface area contributed by atoms with Gasteiger partial charge in [-0.3, -0.25) is 9.59 Å². The van der Waals surface area contributed by atoms with E-state index in [-0.39, 0.29) is 29.5 Å². The number of aromatic hydroxyl groups is 1. The number of esters is 1. The Kier molecular flexibility index (Phi) is 3.28. The number of rotatable bonds is 3. The molecule has 0 amide bonds. The van der Waals surface area contributed by atoms with Crippen LogP contribution in [0.25, 0.3) is 10.8 Å². The second-order valence-electron chi connectivity index (χ2n) is 6.02. The zero-order chi connectivity index (χ0) is 17.9. The first-order chi connectivity index (χ1) is 12.0. The van der Waals surface area contributed by atoms with Crippen molar-refractivity contribution in [1.29, 1.82) is 0 Å². The molecule has 2 aromatic rings. The van der Waals surface area contributed by atoms with Gasteiger partial charge in [-0.2, -0.15) is 0 Å². The number of hydrogen-bond donors (Lipinski definition) is 1. The zero-order valence-electron chi connectivity index (χ0n) is 13.9. The number of phenolic OH excluding ortho intramolecular Hbond substituents is 1. The summed E-state index contributed by atoms with van der Waals surface area (Å²) in [5, 5.41) is 11.8. The standard InChI is InChI=1S/C18H16O7/c1-7(19)12-14-16(24-10-6-11(20)25-18(10)14)8-4-5-9(22-2)17(23-3)13(8)15(12)21/h4-5,10,18,21H,6H2,1-3H3/t10-,18+/m1/s1. The van der Waals surface area contributed by atoms with Crippen molar-refractivity contribution in [2.45, 2.75) is 25.6 Å². The lowest BCUT2D eigenvalue weighted by molar-refractivity contribution is -0.141. The molecule has 0 bridgehead atoms. The van der Waals surface area contributed by atoms with Crippen molar-refractivity contribution >= 4 is 22.5 Å². The molecule has 1 saturated heterocycles. The number of carbonyl (C=O) groups excluding carboxylic acids is 2. The first-order valence-electron chi connectivity index (χ1n) is 7.78. The van der Waals surface area contributed by atoms with Gasteiger partial charge in [-0.15, -0.1) is 0 Å². The molecule has 4 rings (SSSR count). The van der Waals surface area contributed by atoms with Crippen LogP contribution in [0.15, 0.2) is 12.1 Å². The predicted molar refractivity (Wildman–Crippen MR) is 86.6 cm³/mol. The quantitative estimate of drug-likeness (QED) is 0.676. The number of ketones is 1. The SMILES string of the molecule is COc1ccc2c3c(c(C(C)=O)c(O)c2c1OC)[C@H]1OC(=O)C[C@H]1O3. The minimum atomic E-state index is -0.690. The Bertz CT molecular complexity index is 931. The number of carbonyl (C=O) groups is 2. The number of methoxy groups -OCH3 is 2. The van der Waals surface area contributed by atoms with E-state index in [2.05, 4.69) is 0 Å². The molecule has 2 heterocycles. The monoisotopic (exact) mass is 344 g/mol. The van der Waals surface area contributed by atoms with Gasteiger partial charge in [0.2, 0.25) is 0 Å². The molecule has 0 aliphatic carbocycles. The summed E-state index contributed by atoms with van der Waals surface area (Å²) in [5.41, 5.74) is 0.497. The first-order valence-corrected chi connectivity index (χ1v) is 7.78. The highest BCUT2D eigenvalue weighted by Gasteiger charge is 2.48. The second kappa shape index (κ2) is 5.27. The van der Waals surface area contributed by atoms with Crippen LogP contribution in [0.3, 0.4) is 0 Å². The first kappa shape index (κ1) is 15.6. The Balaban J connectivity index is 2.12. The fourth-order valence-corrected chi connectivity index (χ4v) is 3.65. The van der Waals surface area contributed by atoms with E-state index in [1.165, 1.54) is 21.1 Å². The van der Waals surface area contributed by atoms with E-state index in [0.717, 1.165) is 0 Å². The molecule has 0 spiro atoms. The van der Waals surface area contributed by atoms with E-state index in [4.69, 9.17) is 18.9 Å². The molecule has 130 valence electrons. The van der Waals surface area contributed by atoms with Crippen LogP contribution in [0.5, 0.6) is 23.0 Å². The third kappa shape index (κ3) is 1.98. The Hall–Kier alpha value is -2.96. The molecular weight excluding hydrogens is 328 g/mol. The Morgan fingerprint density at radius 1 is 1.24 bits per heavy atom. The maximum Gasteiger partial charge on any atom is 0.310 e. The van der Waals surface area contributed by atoms with Gasteiger partial charge in [0.25, 0.3) is 0 Å². The van der Waals surface area contributed by atoms with Crippen molar-refractivity contribution in [1.82, 2.24) is 0 Å². The molecular formula is C18H16O7. The number of ether oxygens (including phenoxy) is 4. The Morgan fingerprint density at radius 2 is 2.00 bits per heavy atom. The number of fused-ring (bicyclic) bond motifs is 5. The molecule has 0 unspecified atom stereocenters. The highest BCUT2D eigenvalue weighted by atomic mass is 16.6. The lowest BCUT2D eigenvalue weighted by Gasteiger charge is -2.17. The summed E-state index contributed by atoms with van der Waals surface area (Å²) in [6.07, 6.45) is -1.09. The van der Waals surface area contributed by atoms with Crippen LogP contribution >= 0.6 is 0 Å². The van der Waals surface area contributed by atoms with Crippen LogP contribution < -0.4 is 14.2 Å². The van der Waals surface area contributed by atoms with Crippen LogP contribution in [0.4, 0.5) is 0 Å². The van der Waals surface area contributed by atoms with Crippen LogP contribution in [0, 0.1) is 0 Å². The van der Waals surface area contributed by atoms with Crippen molar-refractivity contribution in [2.24, 2.45) is 0 Å². The lowest BCUT2D eigenvalue weighted by atomic mass is 9.92. The number of phenols is 1. The minimum absolute atomic E-state index is 0.0799. The fourth-order valence-electron chi connectivity index (χ4n) is 3.65. The zero-order valence-corrected chi connectivity index (χ0v) is 13.9. The average molecular weight is 344 g/mol. The van der Waals surface area contributed by atoms with Crippen molar-refractivity contribution in [2.75, 3.05) is 14.2 Å². The molecule has 2 atom stereocenters. The summed E-state index contributed by atoms with van der Waals surface area (Å²) < 4.78 is 21.9. The fraction of sp³-hybridized carbons (Fsp3) is 0.333. The summed E-state index contributed by atoms with van der Waals surface area (Å²) in [4.78, 5) is 23.9. The molecule has 25 heavy (non-hydrogen) atoms. The molecule has 2 aliphatic heterocycles. The molecule has 0 saturated carbocycles. The van der Waals surface area contributed by atoms with E-state index in [1.54, 1.807) is 12.1 Å². The smallest absolute Gasteiger partial charge is 0.310 e. The highest BCUT2D eigenvalue weighted by molar-refractivity contribution is 6.11. The summed E-state index contributed by atoms with van der Waals surface area (Å²) in [5.74, 6) is 0.185. The van der Waals surface area contributed by atoms with Gasteiger partial charge >= 0.3 is 5.97 Å². The van der Waals surface area contributed by atoms with E-state index < -0.39 is 12.2 Å². The van der Waals surface area contributed by atoms with E-state index >= 15 is 0 Å². The molecule has 2 aromatic carbocycles.